The van der Waals surface area contributed by atoms with Gasteiger partial charge in [-0.1, -0.05) is 0 Å². The Morgan fingerprint density at radius 2 is 0.875 bits per heavy atom. The molecule has 0 spiro atoms. The summed E-state index contributed by atoms with van der Waals surface area (Å²) in [4.78, 5) is 0. The molecule has 1 nitrogen and oxygen atoms in total. The van der Waals surface area contributed by atoms with Gasteiger partial charge in [0.15, 0.2) is 0 Å². The first-order valence-electron chi connectivity index (χ1n) is 10.9. The first kappa shape index (κ1) is 24.1. The molecule has 0 bridgehead atoms. The summed E-state index contributed by atoms with van der Waals surface area (Å²) in [6, 6.07) is 35.2. The van der Waals surface area contributed by atoms with Crippen molar-refractivity contribution >= 4 is 63.8 Å². The van der Waals surface area contributed by atoms with Crippen LogP contribution < -0.4 is 14.3 Å². The van der Waals surface area contributed by atoms with Crippen LogP contribution in [0.3, 0.4) is 0 Å². The first-order valence-corrected chi connectivity index (χ1v) is 25.3. The zero-order valence-corrected chi connectivity index (χ0v) is 26.3. The minimum absolute atomic E-state index is 1.31. The van der Waals surface area contributed by atoms with E-state index >= 15 is 0 Å². The predicted octanol–water partition coefficient (Wildman–Crippen LogP) is 4.69. The quantitative estimate of drug-likeness (QED) is 0.266. The van der Waals surface area contributed by atoms with Crippen molar-refractivity contribution in [2.45, 2.75) is 27.7 Å². The van der Waals surface area contributed by atoms with E-state index in [0.29, 0.717) is 0 Å². The van der Waals surface area contributed by atoms with E-state index in [1.807, 2.05) is 0 Å². The van der Waals surface area contributed by atoms with Crippen LogP contribution >= 0.6 is 12.7 Å². The number of rotatable bonds is 6. The Kier molecular flexibility index (Phi) is 7.86. The Hall–Kier alpha value is -1.08. The third kappa shape index (κ3) is 4.89. The van der Waals surface area contributed by atoms with Crippen LogP contribution in [0.4, 0.5) is 0 Å². The molecule has 32 heavy (non-hydrogen) atoms. The molecule has 4 aromatic rings. The second-order valence-corrected chi connectivity index (χ2v) is 31.7. The van der Waals surface area contributed by atoms with E-state index < -0.39 is 36.7 Å². The summed E-state index contributed by atoms with van der Waals surface area (Å²) < 4.78 is 13.2. The topological polar surface area (TPSA) is 9.23 Å². The monoisotopic (exact) mass is 699 g/mol. The van der Waals surface area contributed by atoms with Crippen LogP contribution in [0.25, 0.3) is 0 Å². The van der Waals surface area contributed by atoms with Gasteiger partial charge in [-0.25, -0.2) is 0 Å². The molecule has 161 valence electrons. The summed E-state index contributed by atoms with van der Waals surface area (Å²) in [5.41, 5.74) is 5.28. The Bertz CT molecular complexity index is 1150. The molecule has 0 saturated heterocycles. The molecule has 0 N–H and O–H groups in total. The second-order valence-electron chi connectivity index (χ2n) is 8.29. The van der Waals surface area contributed by atoms with E-state index in [-0.39, 0.29) is 0 Å². The molecule has 1 radical (unpaired) electrons. The van der Waals surface area contributed by atoms with Gasteiger partial charge in [-0.2, -0.15) is 0 Å². The van der Waals surface area contributed by atoms with E-state index in [4.69, 9.17) is 1.41 Å². The van der Waals surface area contributed by atoms with E-state index in [1.165, 1.54) is 36.6 Å². The standard InChI is InChI=1S/4C7H7.BrH.O.2Sn/c4*1-7-5-3-2-4-6-7;;;;/h4*2-5H,1H3;1H;;;/q;;;;;;;+1/p-1. The average molecular weight is 698 g/mol. The van der Waals surface area contributed by atoms with Crippen LogP contribution in [-0.4, -0.2) is 36.7 Å². The van der Waals surface area contributed by atoms with Gasteiger partial charge in [-0.05, 0) is 0 Å². The normalized spacial score (nSPS) is 11.7. The molecule has 0 atom stereocenters. The maximum absolute atomic E-state index is 7.63. The van der Waals surface area contributed by atoms with Crippen LogP contribution in [0.2, 0.25) is 0 Å². The Balaban J connectivity index is 1.96. The van der Waals surface area contributed by atoms with Crippen LogP contribution in [0, 0.1) is 27.7 Å². The molecular weight excluding hydrogens is 670 g/mol. The summed E-state index contributed by atoms with van der Waals surface area (Å²) >= 11 is -2.03. The summed E-state index contributed by atoms with van der Waals surface area (Å²) in [6.45, 7) is 8.89. The molecule has 0 fully saturated rings. The predicted molar refractivity (Wildman–Crippen MR) is 145 cm³/mol. The third-order valence-corrected chi connectivity index (χ3v) is 42.9. The van der Waals surface area contributed by atoms with Gasteiger partial charge in [0.2, 0.25) is 0 Å². The second kappa shape index (κ2) is 10.5. The zero-order valence-electron chi connectivity index (χ0n) is 19.0. The van der Waals surface area contributed by atoms with E-state index in [9.17, 15) is 0 Å². The van der Waals surface area contributed by atoms with Crippen LogP contribution in [-0.2, 0) is 1.41 Å². The summed E-state index contributed by atoms with van der Waals surface area (Å²) in [5.74, 6) is 0. The van der Waals surface area contributed by atoms with Gasteiger partial charge in [0.25, 0.3) is 0 Å². The van der Waals surface area contributed by atoms with Crippen molar-refractivity contribution in [2.24, 2.45) is 0 Å². The van der Waals surface area contributed by atoms with Crippen LogP contribution in [0.15, 0.2) is 97.1 Å². The third-order valence-electron chi connectivity index (χ3n) is 6.01. The van der Waals surface area contributed by atoms with Crippen molar-refractivity contribution < 1.29 is 1.41 Å². The number of aryl methyl sites for hydroxylation is 4. The van der Waals surface area contributed by atoms with Gasteiger partial charge < -0.3 is 0 Å². The summed E-state index contributed by atoms with van der Waals surface area (Å²) in [6.07, 6.45) is 0. The molecule has 0 unspecified atom stereocenters. The van der Waals surface area contributed by atoms with Gasteiger partial charge in [0, 0.05) is 0 Å². The van der Waals surface area contributed by atoms with Gasteiger partial charge in [-0.15, -0.1) is 0 Å². The fourth-order valence-electron chi connectivity index (χ4n) is 4.17. The van der Waals surface area contributed by atoms with E-state index in [1.54, 1.807) is 0 Å². The number of hydrogen-bond donors (Lipinski definition) is 0. The van der Waals surface area contributed by atoms with Gasteiger partial charge in [0.05, 0.1) is 0 Å². The average Bonchev–Trinajstić information content (AvgIpc) is 2.79. The summed E-state index contributed by atoms with van der Waals surface area (Å²) in [7, 11) is 0. The fourth-order valence-corrected chi connectivity index (χ4v) is 44.0. The van der Waals surface area contributed by atoms with Crippen molar-refractivity contribution in [1.82, 2.24) is 0 Å². The SMILES string of the molecule is Cc1cccc[c]1[Sn]([O][Sn]([Br])([c]1ccccc1C)[c]1ccccc1C)[c]1ccccc1C. The Morgan fingerprint density at radius 1 is 0.531 bits per heavy atom. The van der Waals surface area contributed by atoms with Crippen LogP contribution in [0.5, 0.6) is 0 Å². The number of hydrogen-bond acceptors (Lipinski definition) is 1. The van der Waals surface area contributed by atoms with Crippen molar-refractivity contribution in [3.63, 3.8) is 0 Å². The van der Waals surface area contributed by atoms with Crippen molar-refractivity contribution in [1.29, 1.82) is 0 Å². The molecule has 0 saturated carbocycles. The molecule has 4 aromatic carbocycles. The maximum atomic E-state index is 7.63. The minimum atomic E-state index is -3.66. The Labute approximate surface area is 210 Å². The molecule has 0 aliphatic carbocycles. The number of halogens is 1. The molecule has 4 rings (SSSR count). The Morgan fingerprint density at radius 3 is 1.25 bits per heavy atom. The molecule has 0 aliphatic heterocycles. The summed E-state index contributed by atoms with van der Waals surface area (Å²) in [5, 5.41) is 0. The van der Waals surface area contributed by atoms with Gasteiger partial charge in [-0.3, -0.25) is 0 Å². The number of benzene rings is 4. The van der Waals surface area contributed by atoms with Gasteiger partial charge in [0.1, 0.15) is 0 Å². The van der Waals surface area contributed by atoms with Crippen molar-refractivity contribution in [2.75, 3.05) is 0 Å². The van der Waals surface area contributed by atoms with E-state index in [0.717, 1.165) is 0 Å². The first-order chi connectivity index (χ1) is 15.4. The molecule has 0 aliphatic rings. The van der Waals surface area contributed by atoms with Crippen molar-refractivity contribution in [3.8, 4) is 0 Å². The van der Waals surface area contributed by atoms with E-state index in [2.05, 4.69) is 137 Å². The molecular formula is C28H28BrOSn2. The molecule has 0 amide bonds. The van der Waals surface area contributed by atoms with Crippen LogP contribution in [0.1, 0.15) is 22.3 Å². The van der Waals surface area contributed by atoms with Crippen molar-refractivity contribution in [3.05, 3.63) is 119 Å². The molecule has 0 heterocycles. The molecule has 0 aromatic heterocycles. The zero-order chi connectivity index (χ0) is 22.7. The molecule has 4 heteroatoms. The van der Waals surface area contributed by atoms with Gasteiger partial charge >= 0.3 is 212 Å². The fraction of sp³-hybridized carbons (Fsp3) is 0.143.